The number of benzene rings is 1. The number of amides is 1. The summed E-state index contributed by atoms with van der Waals surface area (Å²) in [5, 5.41) is 12.8. The first-order chi connectivity index (χ1) is 22.2. The number of imidazole rings is 1. The van der Waals surface area contributed by atoms with Gasteiger partial charge in [0.05, 0.1) is 17.5 Å². The van der Waals surface area contributed by atoms with Crippen LogP contribution >= 0.6 is 0 Å². The molecule has 1 amide bonds. The number of carboxylic acids is 1. The Hall–Kier alpha value is -3.15. The lowest BCUT2D eigenvalue weighted by Crippen LogP contribution is -2.66. The zero-order valence-corrected chi connectivity index (χ0v) is 29.4. The molecule has 0 radical (unpaired) electrons. The van der Waals surface area contributed by atoms with Crippen molar-refractivity contribution in [3.05, 3.63) is 71.8 Å². The molecule has 6 heteroatoms. The van der Waals surface area contributed by atoms with Gasteiger partial charge in [-0.2, -0.15) is 0 Å². The van der Waals surface area contributed by atoms with E-state index in [-0.39, 0.29) is 33.0 Å². The molecule has 0 aliphatic heterocycles. The normalized spacial score (nSPS) is 40.2. The third-order valence-electron chi connectivity index (χ3n) is 15.5. The first-order valence-corrected chi connectivity index (χ1v) is 18.2. The summed E-state index contributed by atoms with van der Waals surface area (Å²) >= 11 is 0. The predicted molar refractivity (Wildman–Crippen MR) is 186 cm³/mol. The summed E-state index contributed by atoms with van der Waals surface area (Å²) in [6, 6.07) is 7.53. The molecule has 4 fully saturated rings. The highest BCUT2D eigenvalue weighted by atomic mass is 16.4. The van der Waals surface area contributed by atoms with Crippen LogP contribution in [0, 0.1) is 56.7 Å². The Bertz CT molecular complexity index is 1610. The van der Waals surface area contributed by atoms with Gasteiger partial charge in [0.15, 0.2) is 0 Å². The van der Waals surface area contributed by atoms with E-state index in [2.05, 4.69) is 69.5 Å². The molecule has 2 aromatic rings. The molecular formula is C41H55N3O3. The maximum atomic E-state index is 14.3. The average molecular weight is 638 g/mol. The van der Waals surface area contributed by atoms with E-state index in [0.717, 1.165) is 43.5 Å². The lowest BCUT2D eigenvalue weighted by atomic mass is 9.32. The maximum absolute atomic E-state index is 14.3. The van der Waals surface area contributed by atoms with Crippen LogP contribution in [0.15, 0.2) is 54.9 Å². The van der Waals surface area contributed by atoms with Gasteiger partial charge in [0, 0.05) is 12.4 Å². The second-order valence-electron chi connectivity index (χ2n) is 17.5. The number of rotatable bonds is 6. The molecule has 0 saturated heterocycles. The van der Waals surface area contributed by atoms with Gasteiger partial charge >= 0.3 is 5.97 Å². The molecule has 3 N–H and O–H groups in total. The van der Waals surface area contributed by atoms with Gasteiger partial charge in [-0.1, -0.05) is 65.0 Å². The first kappa shape index (κ1) is 32.4. The van der Waals surface area contributed by atoms with E-state index in [1.54, 1.807) is 18.3 Å². The van der Waals surface area contributed by atoms with E-state index in [0.29, 0.717) is 41.7 Å². The van der Waals surface area contributed by atoms with Crippen LogP contribution in [0.2, 0.25) is 0 Å². The lowest BCUT2D eigenvalue weighted by Gasteiger charge is -2.72. The van der Waals surface area contributed by atoms with Crippen LogP contribution in [0.3, 0.4) is 0 Å². The Morgan fingerprint density at radius 1 is 0.957 bits per heavy atom. The summed E-state index contributed by atoms with van der Waals surface area (Å²) in [5.41, 5.74) is 4.34. The predicted octanol–water partition coefficient (Wildman–Crippen LogP) is 9.08. The van der Waals surface area contributed by atoms with Crippen molar-refractivity contribution in [2.24, 2.45) is 56.7 Å². The van der Waals surface area contributed by atoms with E-state index in [4.69, 9.17) is 0 Å². The summed E-state index contributed by atoms with van der Waals surface area (Å²) in [6.07, 6.45) is 16.1. The van der Waals surface area contributed by atoms with E-state index in [9.17, 15) is 14.7 Å². The molecule has 47 heavy (non-hydrogen) atoms. The van der Waals surface area contributed by atoms with Gasteiger partial charge < -0.3 is 15.4 Å². The number of aromatic nitrogens is 2. The summed E-state index contributed by atoms with van der Waals surface area (Å²) in [6.45, 7) is 19.9. The van der Waals surface area contributed by atoms with Crippen LogP contribution in [0.5, 0.6) is 0 Å². The molecule has 7 rings (SSSR count). The van der Waals surface area contributed by atoms with Crippen molar-refractivity contribution in [3.8, 4) is 0 Å². The number of carbonyl (C=O) groups is 2. The fourth-order valence-electron chi connectivity index (χ4n) is 13.2. The molecule has 5 aliphatic rings. The van der Waals surface area contributed by atoms with E-state index in [1.165, 1.54) is 36.8 Å². The van der Waals surface area contributed by atoms with Crippen LogP contribution in [-0.2, 0) is 11.3 Å². The van der Waals surface area contributed by atoms with Crippen LogP contribution < -0.4 is 5.32 Å². The van der Waals surface area contributed by atoms with Crippen molar-refractivity contribution >= 4 is 17.4 Å². The molecular weight excluding hydrogens is 582 g/mol. The smallest absolute Gasteiger partial charge is 0.335 e. The fourth-order valence-corrected chi connectivity index (χ4v) is 13.2. The third-order valence-corrected chi connectivity index (χ3v) is 15.5. The quantitative estimate of drug-likeness (QED) is 0.275. The molecule has 1 heterocycles. The topological polar surface area (TPSA) is 95.1 Å². The summed E-state index contributed by atoms with van der Waals surface area (Å²) in [7, 11) is 0. The van der Waals surface area contributed by atoms with Gasteiger partial charge in [-0.05, 0) is 139 Å². The Labute approximate surface area is 281 Å². The second kappa shape index (κ2) is 10.9. The second-order valence-corrected chi connectivity index (χ2v) is 17.5. The first-order valence-electron chi connectivity index (χ1n) is 18.2. The van der Waals surface area contributed by atoms with Gasteiger partial charge in [-0.15, -0.1) is 0 Å². The van der Waals surface area contributed by atoms with Gasteiger partial charge in [-0.25, -0.2) is 9.78 Å². The number of allylic oxidation sites excluding steroid dienone is 3. The molecule has 0 spiro atoms. The van der Waals surface area contributed by atoms with Crippen LogP contribution in [-0.4, -0.2) is 27.0 Å². The molecule has 0 bridgehead atoms. The van der Waals surface area contributed by atoms with Crippen LogP contribution in [0.1, 0.15) is 121 Å². The minimum absolute atomic E-state index is 0.0128. The molecule has 6 nitrogen and oxygen atoms in total. The van der Waals surface area contributed by atoms with E-state index in [1.807, 2.05) is 18.3 Å². The number of carbonyl (C=O) groups excluding carboxylic acids is 1. The van der Waals surface area contributed by atoms with Crippen molar-refractivity contribution in [1.82, 2.24) is 15.3 Å². The maximum Gasteiger partial charge on any atom is 0.335 e. The fraction of sp³-hybridized carbons (Fsp3) is 0.634. The molecule has 1 aromatic heterocycles. The largest absolute Gasteiger partial charge is 0.478 e. The van der Waals surface area contributed by atoms with E-state index < -0.39 is 5.97 Å². The number of hydrogen-bond donors (Lipinski definition) is 3. The number of aromatic carboxylic acids is 1. The van der Waals surface area contributed by atoms with Crippen molar-refractivity contribution in [2.45, 2.75) is 106 Å². The standard InChI is InChI=1S/C41H55N3O3/c1-25(2)28-14-19-41(36(47)44-24-33-42-22-23-43-33)21-20-39(6)30(34(28)41)12-13-32-38(5)17-15-29(26-8-10-27(11-9-26)35(45)46)37(3,4)31(38)16-18-40(32,39)7/h8-11,15,22-23,28,30-32,34H,1,12-14,16-21,24H2,2-7H3,(H,42,43)(H,44,47)(H,45,46)/t28-,30+,31-,32+,34+,38-,39+,40+,41-/m0/s1. The highest BCUT2D eigenvalue weighted by Gasteiger charge is 2.71. The van der Waals surface area contributed by atoms with Gasteiger partial charge in [0.25, 0.3) is 0 Å². The molecule has 4 saturated carbocycles. The van der Waals surface area contributed by atoms with Gasteiger partial charge in [0.1, 0.15) is 5.82 Å². The minimum atomic E-state index is -0.877. The van der Waals surface area contributed by atoms with Crippen LogP contribution in [0.25, 0.3) is 5.57 Å². The molecule has 252 valence electrons. The third kappa shape index (κ3) is 4.51. The number of fused-ring (bicyclic) bond motifs is 7. The van der Waals surface area contributed by atoms with Crippen molar-refractivity contribution in [2.75, 3.05) is 0 Å². The zero-order valence-electron chi connectivity index (χ0n) is 29.4. The minimum Gasteiger partial charge on any atom is -0.478 e. The summed E-state index contributed by atoms with van der Waals surface area (Å²) in [4.78, 5) is 33.3. The Morgan fingerprint density at radius 3 is 2.36 bits per heavy atom. The van der Waals surface area contributed by atoms with Crippen molar-refractivity contribution < 1.29 is 14.7 Å². The highest BCUT2D eigenvalue weighted by molar-refractivity contribution is 5.88. The number of aromatic amines is 1. The van der Waals surface area contributed by atoms with E-state index >= 15 is 0 Å². The monoisotopic (exact) mass is 637 g/mol. The molecule has 9 atom stereocenters. The summed E-state index contributed by atoms with van der Waals surface area (Å²) < 4.78 is 0. The zero-order chi connectivity index (χ0) is 33.6. The SMILES string of the molecule is C=C(C)[C@@H]1CC[C@]2(C(=O)NCc3ncc[nH]3)CC[C@]3(C)[C@H](CC[C@@H]4[C@@]5(C)CC=C(c6ccc(C(=O)O)cc6)C(C)(C)[C@@H]5CC[C@]43C)[C@@H]12. The molecule has 0 unspecified atom stereocenters. The number of nitrogens with one attached hydrogen (secondary N) is 2. The van der Waals surface area contributed by atoms with Crippen molar-refractivity contribution in [1.29, 1.82) is 0 Å². The van der Waals surface area contributed by atoms with Gasteiger partial charge in [-0.3, -0.25) is 4.79 Å². The lowest BCUT2D eigenvalue weighted by molar-refractivity contribution is -0.225. The highest BCUT2D eigenvalue weighted by Crippen LogP contribution is 2.77. The molecule has 1 aromatic carbocycles. The summed E-state index contributed by atoms with van der Waals surface area (Å²) in [5.74, 6) is 2.57. The average Bonchev–Trinajstić information content (AvgIpc) is 3.69. The number of carboxylic acid groups (broad SMARTS) is 1. The van der Waals surface area contributed by atoms with Crippen molar-refractivity contribution in [3.63, 3.8) is 0 Å². The van der Waals surface area contributed by atoms with Crippen LogP contribution in [0.4, 0.5) is 0 Å². The van der Waals surface area contributed by atoms with Gasteiger partial charge in [0.2, 0.25) is 5.91 Å². The number of nitrogens with zero attached hydrogens (tertiary/aromatic N) is 1. The molecule has 5 aliphatic carbocycles. The Kier molecular flexibility index (Phi) is 7.54. The Balaban J connectivity index is 1.21. The Morgan fingerprint density at radius 2 is 1.70 bits per heavy atom. The number of H-pyrrole nitrogens is 1. The number of hydrogen-bond acceptors (Lipinski definition) is 3.